The number of nitrogens with zero attached hydrogens (tertiary/aromatic N) is 3. The zero-order chi connectivity index (χ0) is 17.3. The summed E-state index contributed by atoms with van der Waals surface area (Å²) in [5.41, 5.74) is 0.337. The summed E-state index contributed by atoms with van der Waals surface area (Å²) in [5.74, 6) is -1.77. The van der Waals surface area contributed by atoms with E-state index in [4.69, 9.17) is 0 Å². The summed E-state index contributed by atoms with van der Waals surface area (Å²) in [6.07, 6.45) is 0. The lowest BCUT2D eigenvalue weighted by molar-refractivity contribution is -0.384. The fraction of sp³-hybridized carbons (Fsp3) is 0. The second kappa shape index (κ2) is 5.92. The largest absolute Gasteiger partial charge is 0.477 e. The van der Waals surface area contributed by atoms with Gasteiger partial charge in [0.05, 0.1) is 16.3 Å². The Bertz CT molecular complexity index is 935. The highest BCUT2D eigenvalue weighted by molar-refractivity contribution is 5.88. The van der Waals surface area contributed by atoms with Crippen molar-refractivity contribution in [3.63, 3.8) is 0 Å². The number of aromatic nitrogens is 2. The highest BCUT2D eigenvalue weighted by Crippen LogP contribution is 2.25. The summed E-state index contributed by atoms with van der Waals surface area (Å²) in [7, 11) is 0. The molecule has 2 aromatic carbocycles. The molecule has 0 fully saturated rings. The van der Waals surface area contributed by atoms with Crippen LogP contribution >= 0.6 is 0 Å². The van der Waals surface area contributed by atoms with Crippen molar-refractivity contribution >= 4 is 11.7 Å². The van der Waals surface area contributed by atoms with Gasteiger partial charge in [0.1, 0.15) is 5.82 Å². The van der Waals surface area contributed by atoms with Gasteiger partial charge in [-0.25, -0.2) is 13.9 Å². The molecule has 8 heteroatoms. The zero-order valence-electron chi connectivity index (χ0n) is 12.1. The minimum Gasteiger partial charge on any atom is -0.477 e. The number of benzene rings is 2. The van der Waals surface area contributed by atoms with Gasteiger partial charge in [-0.3, -0.25) is 10.1 Å². The number of carboxylic acid groups (broad SMARTS) is 1. The molecule has 0 saturated carbocycles. The van der Waals surface area contributed by atoms with E-state index < -0.39 is 16.7 Å². The quantitative estimate of drug-likeness (QED) is 0.585. The van der Waals surface area contributed by atoms with E-state index in [0.717, 1.165) is 4.68 Å². The van der Waals surface area contributed by atoms with Crippen LogP contribution in [0.1, 0.15) is 10.5 Å². The van der Waals surface area contributed by atoms with Gasteiger partial charge in [0.15, 0.2) is 5.69 Å². The van der Waals surface area contributed by atoms with Gasteiger partial charge in [-0.2, -0.15) is 5.10 Å². The van der Waals surface area contributed by atoms with Gasteiger partial charge in [0.25, 0.3) is 5.69 Å². The van der Waals surface area contributed by atoms with Crippen molar-refractivity contribution < 1.29 is 19.2 Å². The minimum absolute atomic E-state index is 0.128. The molecule has 120 valence electrons. The molecule has 0 aliphatic heterocycles. The summed E-state index contributed by atoms with van der Waals surface area (Å²) in [5, 5.41) is 24.2. The molecule has 0 unspecified atom stereocenters. The van der Waals surface area contributed by atoms with Crippen LogP contribution in [0.5, 0.6) is 0 Å². The first kappa shape index (κ1) is 15.3. The second-order valence-corrected chi connectivity index (χ2v) is 4.89. The van der Waals surface area contributed by atoms with E-state index in [1.165, 1.54) is 48.5 Å². The number of hydrogen-bond donors (Lipinski definition) is 1. The molecule has 0 aliphatic rings. The van der Waals surface area contributed by atoms with Gasteiger partial charge < -0.3 is 5.11 Å². The summed E-state index contributed by atoms with van der Waals surface area (Å²) in [6, 6.07) is 12.4. The highest BCUT2D eigenvalue weighted by atomic mass is 19.1. The third-order valence-electron chi connectivity index (χ3n) is 3.38. The van der Waals surface area contributed by atoms with E-state index in [1.807, 2.05) is 0 Å². The lowest BCUT2D eigenvalue weighted by atomic mass is 10.1. The van der Waals surface area contributed by atoms with Crippen LogP contribution < -0.4 is 0 Å². The summed E-state index contributed by atoms with van der Waals surface area (Å²) in [6.45, 7) is 0. The Balaban J connectivity index is 2.12. The van der Waals surface area contributed by atoms with Crippen molar-refractivity contribution in [3.05, 3.63) is 76.2 Å². The first-order valence-corrected chi connectivity index (χ1v) is 6.80. The number of carboxylic acids is 1. The van der Waals surface area contributed by atoms with Crippen molar-refractivity contribution in [3.8, 4) is 16.9 Å². The van der Waals surface area contributed by atoms with Crippen LogP contribution in [0, 0.1) is 15.9 Å². The molecular weight excluding hydrogens is 317 g/mol. The number of nitro groups is 1. The van der Waals surface area contributed by atoms with Crippen molar-refractivity contribution in [2.75, 3.05) is 0 Å². The average molecular weight is 327 g/mol. The van der Waals surface area contributed by atoms with Gasteiger partial charge in [-0.15, -0.1) is 0 Å². The van der Waals surface area contributed by atoms with Gasteiger partial charge in [-0.1, -0.05) is 12.1 Å². The molecular formula is C16H10FN3O4. The Morgan fingerprint density at radius 1 is 1.17 bits per heavy atom. The molecule has 24 heavy (non-hydrogen) atoms. The minimum atomic E-state index is -1.25. The summed E-state index contributed by atoms with van der Waals surface area (Å²) in [4.78, 5) is 21.6. The topological polar surface area (TPSA) is 98.3 Å². The number of non-ortho nitro benzene ring substituents is 1. The maximum absolute atomic E-state index is 13.9. The van der Waals surface area contributed by atoms with Crippen molar-refractivity contribution in [1.29, 1.82) is 0 Å². The maximum atomic E-state index is 13.9. The van der Waals surface area contributed by atoms with E-state index >= 15 is 0 Å². The van der Waals surface area contributed by atoms with Gasteiger partial charge in [0.2, 0.25) is 0 Å². The Morgan fingerprint density at radius 2 is 1.83 bits per heavy atom. The zero-order valence-corrected chi connectivity index (χ0v) is 12.1. The molecule has 0 spiro atoms. The highest BCUT2D eigenvalue weighted by Gasteiger charge is 2.18. The molecule has 0 atom stereocenters. The second-order valence-electron chi connectivity index (χ2n) is 4.89. The third-order valence-corrected chi connectivity index (χ3v) is 3.38. The van der Waals surface area contributed by atoms with E-state index in [9.17, 15) is 24.4 Å². The van der Waals surface area contributed by atoms with Crippen molar-refractivity contribution in [1.82, 2.24) is 9.78 Å². The van der Waals surface area contributed by atoms with Crippen LogP contribution in [0.2, 0.25) is 0 Å². The van der Waals surface area contributed by atoms with Gasteiger partial charge in [0, 0.05) is 17.7 Å². The number of hydrogen-bond acceptors (Lipinski definition) is 4. The Kier molecular flexibility index (Phi) is 3.78. The summed E-state index contributed by atoms with van der Waals surface area (Å²) >= 11 is 0. The van der Waals surface area contributed by atoms with E-state index in [2.05, 4.69) is 5.10 Å². The molecule has 0 bridgehead atoms. The van der Waals surface area contributed by atoms with Crippen LogP contribution in [0.4, 0.5) is 10.1 Å². The van der Waals surface area contributed by atoms with Gasteiger partial charge in [-0.05, 0) is 30.3 Å². The molecule has 7 nitrogen and oxygen atoms in total. The predicted octanol–water partition coefficient (Wildman–Crippen LogP) is 3.28. The SMILES string of the molecule is O=C(O)c1cc(-c2ccccc2F)nn1-c1ccc([N+](=O)[O-])cc1. The Morgan fingerprint density at radius 3 is 2.42 bits per heavy atom. The van der Waals surface area contributed by atoms with Crippen molar-refractivity contribution in [2.45, 2.75) is 0 Å². The monoisotopic (exact) mass is 327 g/mol. The molecule has 0 amide bonds. The third kappa shape index (κ3) is 2.72. The lowest BCUT2D eigenvalue weighted by Crippen LogP contribution is -2.07. The van der Waals surface area contributed by atoms with Gasteiger partial charge >= 0.3 is 5.97 Å². The molecule has 1 N–H and O–H groups in total. The first-order chi connectivity index (χ1) is 11.5. The molecule has 0 radical (unpaired) electrons. The average Bonchev–Trinajstić information content (AvgIpc) is 3.00. The molecule has 0 saturated heterocycles. The smallest absolute Gasteiger partial charge is 0.354 e. The normalized spacial score (nSPS) is 10.5. The number of halogens is 1. The fourth-order valence-corrected chi connectivity index (χ4v) is 2.25. The molecule has 3 aromatic rings. The fourth-order valence-electron chi connectivity index (χ4n) is 2.25. The Labute approximate surface area is 134 Å². The maximum Gasteiger partial charge on any atom is 0.354 e. The number of rotatable bonds is 4. The van der Waals surface area contributed by atoms with E-state index in [0.29, 0.717) is 5.69 Å². The lowest BCUT2D eigenvalue weighted by Gasteiger charge is -2.04. The summed E-state index contributed by atoms with van der Waals surface area (Å²) < 4.78 is 15.0. The Hall–Kier alpha value is -3.55. The van der Waals surface area contributed by atoms with Crippen LogP contribution in [0.25, 0.3) is 16.9 Å². The van der Waals surface area contributed by atoms with Crippen molar-refractivity contribution in [2.24, 2.45) is 0 Å². The molecule has 0 aliphatic carbocycles. The van der Waals surface area contributed by atoms with E-state index in [1.54, 1.807) is 6.07 Å². The predicted molar refractivity (Wildman–Crippen MR) is 82.6 cm³/mol. The molecule has 1 heterocycles. The van der Waals surface area contributed by atoms with E-state index in [-0.39, 0.29) is 22.6 Å². The standard InChI is InChI=1S/C16H10FN3O4/c17-13-4-2-1-3-12(13)14-9-15(16(21)22)19(18-14)10-5-7-11(8-6-10)20(23)24/h1-9H,(H,21,22). The number of carbonyl (C=O) groups is 1. The molecule has 3 rings (SSSR count). The first-order valence-electron chi connectivity index (χ1n) is 6.80. The van der Waals surface area contributed by atoms with Crippen LogP contribution in [-0.4, -0.2) is 25.8 Å². The van der Waals surface area contributed by atoms with Crippen LogP contribution in [-0.2, 0) is 0 Å². The number of aromatic carboxylic acids is 1. The van der Waals surface area contributed by atoms with Crippen LogP contribution in [0.3, 0.4) is 0 Å². The molecule has 1 aromatic heterocycles. The number of nitro benzene ring substituents is 1. The van der Waals surface area contributed by atoms with Crippen LogP contribution in [0.15, 0.2) is 54.6 Å².